The molecule has 1 atom stereocenters. The molecular weight excluding hydrogens is 617 g/mol. The van der Waals surface area contributed by atoms with E-state index >= 15 is 0 Å². The summed E-state index contributed by atoms with van der Waals surface area (Å²) in [4.78, 5) is 27.9. The number of hydrogen-bond donors (Lipinski definition) is 1. The van der Waals surface area contributed by atoms with E-state index < -0.39 is 0 Å². The quantitative estimate of drug-likeness (QED) is 0.170. The Kier molecular flexibility index (Phi) is 9.32. The number of nitrogens with one attached hydrogen (secondary N) is 1. The predicted octanol–water partition coefficient (Wildman–Crippen LogP) is 6.66. The molecule has 1 aliphatic rings. The summed E-state index contributed by atoms with van der Waals surface area (Å²) < 4.78 is 7.13. The Morgan fingerprint density at radius 3 is 2.48 bits per heavy atom. The van der Waals surface area contributed by atoms with Crippen LogP contribution in [0, 0.1) is 20.8 Å². The number of hydrogen-bond acceptors (Lipinski definition) is 8. The Hall–Kier alpha value is -4.74. The molecule has 0 aliphatic carbocycles. The summed E-state index contributed by atoms with van der Waals surface area (Å²) in [5, 5.41) is 20.9. The summed E-state index contributed by atoms with van der Waals surface area (Å²) in [5.41, 5.74) is 6.69. The fourth-order valence-corrected chi connectivity index (χ4v) is 6.84. The maximum absolute atomic E-state index is 13.9. The Morgan fingerprint density at radius 2 is 1.76 bits per heavy atom. The third kappa shape index (κ3) is 6.61. The average Bonchev–Trinajstić information content (AvgIpc) is 3.85. The highest BCUT2D eigenvalue weighted by molar-refractivity contribution is 7.99. The summed E-state index contributed by atoms with van der Waals surface area (Å²) in [6, 6.07) is 25.1. The van der Waals surface area contributed by atoms with Gasteiger partial charge in [-0.15, -0.1) is 21.5 Å². The number of amides is 2. The van der Waals surface area contributed by atoms with E-state index in [0.717, 1.165) is 38.5 Å². The first-order chi connectivity index (χ1) is 22.3. The molecule has 9 nitrogen and oxygen atoms in total. The smallest absolute Gasteiger partial charge is 0.253 e. The van der Waals surface area contributed by atoms with Crippen molar-refractivity contribution in [2.24, 2.45) is 5.10 Å². The zero-order chi connectivity index (χ0) is 32.2. The van der Waals surface area contributed by atoms with E-state index in [0.29, 0.717) is 28.7 Å². The highest BCUT2D eigenvalue weighted by Crippen LogP contribution is 2.35. The lowest BCUT2D eigenvalue weighted by Gasteiger charge is -2.22. The van der Waals surface area contributed by atoms with Crippen LogP contribution < -0.4 is 10.1 Å². The van der Waals surface area contributed by atoms with Crippen LogP contribution in [0.4, 0.5) is 0 Å². The highest BCUT2D eigenvalue weighted by atomic mass is 32.2. The molecule has 5 aromatic rings. The summed E-state index contributed by atoms with van der Waals surface area (Å²) in [6.07, 6.45) is 0.649. The number of rotatable bonds is 10. The van der Waals surface area contributed by atoms with E-state index in [4.69, 9.17) is 9.84 Å². The normalized spacial score (nSPS) is 14.3. The van der Waals surface area contributed by atoms with Gasteiger partial charge in [-0.25, -0.2) is 5.01 Å². The highest BCUT2D eigenvalue weighted by Gasteiger charge is 2.33. The van der Waals surface area contributed by atoms with E-state index in [1.807, 2.05) is 54.1 Å². The van der Waals surface area contributed by atoms with Crippen molar-refractivity contribution in [2.45, 2.75) is 44.9 Å². The van der Waals surface area contributed by atoms with E-state index in [-0.39, 0.29) is 30.2 Å². The molecule has 0 radical (unpaired) electrons. The van der Waals surface area contributed by atoms with Gasteiger partial charge in [0.1, 0.15) is 5.75 Å². The molecule has 2 amide bonds. The molecule has 0 saturated heterocycles. The minimum Gasteiger partial charge on any atom is -0.497 e. The van der Waals surface area contributed by atoms with Crippen LogP contribution in [0.15, 0.2) is 94.5 Å². The first kappa shape index (κ1) is 31.3. The minimum atomic E-state index is -0.238. The summed E-state index contributed by atoms with van der Waals surface area (Å²) in [7, 11) is 1.58. The van der Waals surface area contributed by atoms with Gasteiger partial charge in [0, 0.05) is 12.0 Å². The van der Waals surface area contributed by atoms with Crippen LogP contribution in [0.1, 0.15) is 55.8 Å². The Bertz CT molecular complexity index is 1880. The maximum Gasteiger partial charge on any atom is 0.253 e. The number of thioether (sulfide) groups is 1. The zero-order valence-electron chi connectivity index (χ0n) is 26.1. The number of methoxy groups -OCH3 is 1. The van der Waals surface area contributed by atoms with Crippen molar-refractivity contribution in [2.75, 3.05) is 12.9 Å². The van der Waals surface area contributed by atoms with Crippen LogP contribution in [0.5, 0.6) is 5.75 Å². The third-order valence-corrected chi connectivity index (χ3v) is 9.87. The maximum atomic E-state index is 13.9. The fourth-order valence-electron chi connectivity index (χ4n) is 5.30. The molecule has 0 unspecified atom stereocenters. The second-order valence-corrected chi connectivity index (χ2v) is 12.9. The van der Waals surface area contributed by atoms with Gasteiger partial charge in [-0.2, -0.15) is 5.10 Å². The number of ether oxygens (including phenoxy) is 1. The lowest BCUT2D eigenvalue weighted by molar-refractivity contribution is -0.130. The number of benzene rings is 3. The van der Waals surface area contributed by atoms with E-state index in [9.17, 15) is 9.59 Å². The number of carbonyl (C=O) groups excluding carboxylic acids is 2. The lowest BCUT2D eigenvalue weighted by atomic mass is 10.00. The van der Waals surface area contributed by atoms with Crippen LogP contribution in [0.2, 0.25) is 0 Å². The van der Waals surface area contributed by atoms with E-state index in [2.05, 4.69) is 46.7 Å². The summed E-state index contributed by atoms with van der Waals surface area (Å²) in [6.45, 7) is 6.29. The van der Waals surface area contributed by atoms with Crippen molar-refractivity contribution in [3.8, 4) is 11.4 Å². The molecule has 0 fully saturated rings. The van der Waals surface area contributed by atoms with E-state index in [1.165, 1.54) is 11.8 Å². The molecule has 6 rings (SSSR count). The van der Waals surface area contributed by atoms with Crippen molar-refractivity contribution in [3.05, 3.63) is 123 Å². The number of carbonyl (C=O) groups is 2. The molecule has 0 bridgehead atoms. The summed E-state index contributed by atoms with van der Waals surface area (Å²) in [5.74, 6) is 0.993. The molecule has 46 heavy (non-hydrogen) atoms. The van der Waals surface area contributed by atoms with Gasteiger partial charge in [0.15, 0.2) is 11.0 Å². The van der Waals surface area contributed by atoms with Gasteiger partial charge < -0.3 is 10.1 Å². The fraction of sp³-hybridized carbons (Fsp3) is 0.229. The minimum absolute atomic E-state index is 0.116. The molecule has 0 spiro atoms. The first-order valence-corrected chi connectivity index (χ1v) is 16.7. The van der Waals surface area contributed by atoms with Gasteiger partial charge in [-0.3, -0.25) is 14.2 Å². The van der Waals surface area contributed by atoms with Crippen LogP contribution in [-0.4, -0.2) is 50.2 Å². The zero-order valence-corrected chi connectivity index (χ0v) is 27.7. The Morgan fingerprint density at radius 1 is 0.978 bits per heavy atom. The van der Waals surface area contributed by atoms with Gasteiger partial charge in [0.05, 0.1) is 41.7 Å². The monoisotopic (exact) mass is 650 g/mol. The number of aryl methyl sites for hydroxylation is 2. The molecule has 234 valence electrons. The second kappa shape index (κ2) is 13.7. The first-order valence-electron chi connectivity index (χ1n) is 14.9. The van der Waals surface area contributed by atoms with Gasteiger partial charge >= 0.3 is 0 Å². The number of hydrazone groups is 1. The van der Waals surface area contributed by atoms with Crippen molar-refractivity contribution in [1.82, 2.24) is 25.1 Å². The van der Waals surface area contributed by atoms with Gasteiger partial charge in [0.2, 0.25) is 0 Å². The standard InChI is InChI=1S/C35H34N6O3S2/c1-22-10-12-25(13-11-22)30-19-28(31-9-6-18-45-31)39-41(30)33(42)21-46-35-38-37-32(40(35)29-8-5-7-23(2)24(29)3)20-36-34(43)26-14-16-27(44-4)17-15-26/h5-18,30H,19-21H2,1-4H3,(H,36,43)/t30-/m0/s1. The molecule has 3 heterocycles. The molecule has 11 heteroatoms. The average molecular weight is 651 g/mol. The van der Waals surface area contributed by atoms with Crippen molar-refractivity contribution in [3.63, 3.8) is 0 Å². The molecule has 1 N–H and O–H groups in total. The number of nitrogens with zero attached hydrogens (tertiary/aromatic N) is 5. The van der Waals surface area contributed by atoms with Gasteiger partial charge in [0.25, 0.3) is 11.8 Å². The second-order valence-electron chi connectivity index (χ2n) is 11.0. The van der Waals surface area contributed by atoms with Gasteiger partial charge in [-0.1, -0.05) is 59.8 Å². The molecule has 1 aliphatic heterocycles. The molecular formula is C35H34N6O3S2. The lowest BCUT2D eigenvalue weighted by Crippen LogP contribution is -2.28. The molecule has 2 aromatic heterocycles. The van der Waals surface area contributed by atoms with Crippen LogP contribution in [0.25, 0.3) is 5.69 Å². The SMILES string of the molecule is COc1ccc(C(=O)NCc2nnc(SCC(=O)N3N=C(c4cccs4)C[C@H]3c3ccc(C)cc3)n2-c2cccc(C)c2C)cc1. The van der Waals surface area contributed by atoms with Crippen molar-refractivity contribution < 1.29 is 14.3 Å². The van der Waals surface area contributed by atoms with Crippen LogP contribution in [0.3, 0.4) is 0 Å². The molecule has 0 saturated carbocycles. The topological polar surface area (TPSA) is 102 Å². The Balaban J connectivity index is 1.25. The van der Waals surface area contributed by atoms with Crippen molar-refractivity contribution >= 4 is 40.6 Å². The predicted molar refractivity (Wildman–Crippen MR) is 182 cm³/mol. The summed E-state index contributed by atoms with van der Waals surface area (Å²) >= 11 is 2.93. The molecule has 3 aromatic carbocycles. The van der Waals surface area contributed by atoms with Crippen LogP contribution >= 0.6 is 23.1 Å². The van der Waals surface area contributed by atoms with Gasteiger partial charge in [-0.05, 0) is 79.2 Å². The Labute approximate surface area is 276 Å². The number of thiophene rings is 1. The largest absolute Gasteiger partial charge is 0.497 e. The third-order valence-electron chi connectivity index (χ3n) is 8.03. The van der Waals surface area contributed by atoms with E-state index in [1.54, 1.807) is 47.7 Å². The van der Waals surface area contributed by atoms with Crippen molar-refractivity contribution in [1.29, 1.82) is 0 Å². The van der Waals surface area contributed by atoms with Crippen LogP contribution in [-0.2, 0) is 11.3 Å². The number of aromatic nitrogens is 3.